The summed E-state index contributed by atoms with van der Waals surface area (Å²) >= 11 is 0. The van der Waals surface area contributed by atoms with E-state index in [9.17, 15) is 30.4 Å². The average molecular weight is 614 g/mol. The molecule has 0 unspecified atom stereocenters. The highest BCUT2D eigenvalue weighted by Crippen LogP contribution is 2.39. The van der Waals surface area contributed by atoms with Crippen LogP contribution in [0.2, 0.25) is 0 Å². The van der Waals surface area contributed by atoms with Crippen LogP contribution < -0.4 is 4.31 Å². The van der Waals surface area contributed by atoms with Crippen LogP contribution in [0, 0.1) is 12.8 Å². The van der Waals surface area contributed by atoms with Crippen LogP contribution in [-0.4, -0.2) is 59.1 Å². The molecule has 1 saturated carbocycles. The smallest absolute Gasteiger partial charge is 0.391 e. The van der Waals surface area contributed by atoms with Gasteiger partial charge in [-0.1, -0.05) is 12.1 Å². The molecule has 1 saturated heterocycles. The molecule has 0 radical (unpaired) electrons. The molecular weight excluding hydrogens is 581 g/mol. The Morgan fingerprint density at radius 2 is 1.74 bits per heavy atom. The molecule has 228 valence electrons. The second-order valence-electron chi connectivity index (χ2n) is 11.0. The quantitative estimate of drug-likeness (QED) is 0.276. The lowest BCUT2D eigenvalue weighted by Crippen LogP contribution is -2.49. The lowest BCUT2D eigenvalue weighted by molar-refractivity contribution is -0.184. The number of anilines is 1. The summed E-state index contributed by atoms with van der Waals surface area (Å²) in [4.78, 5) is 6.49. The number of halogens is 5. The molecule has 1 aliphatic heterocycles. The van der Waals surface area contributed by atoms with Crippen molar-refractivity contribution in [3.05, 3.63) is 59.7 Å². The zero-order chi connectivity index (χ0) is 30.1. The molecule has 14 heteroatoms. The number of aromatic nitrogens is 3. The molecule has 5 rings (SSSR count). The summed E-state index contributed by atoms with van der Waals surface area (Å²) in [7, 11) is -3.85. The van der Waals surface area contributed by atoms with Gasteiger partial charge in [0.05, 0.1) is 34.7 Å². The van der Waals surface area contributed by atoms with Gasteiger partial charge < -0.3 is 9.32 Å². The van der Waals surface area contributed by atoms with Crippen molar-refractivity contribution in [1.29, 1.82) is 0 Å². The summed E-state index contributed by atoms with van der Waals surface area (Å²) in [5, 5.41) is 6.26. The molecular formula is C28H32F5N5O3S. The highest BCUT2D eigenvalue weighted by atomic mass is 32.2. The number of pyridine rings is 1. The Hall–Kier alpha value is -3.13. The van der Waals surface area contributed by atoms with E-state index < -0.39 is 39.7 Å². The molecule has 2 aromatic heterocycles. The topological polar surface area (TPSA) is 92.4 Å². The fourth-order valence-corrected chi connectivity index (χ4v) is 7.72. The van der Waals surface area contributed by atoms with Crippen LogP contribution in [-0.2, 0) is 16.6 Å². The van der Waals surface area contributed by atoms with Crippen LogP contribution in [0.5, 0.6) is 0 Å². The molecule has 2 aliphatic rings. The first-order chi connectivity index (χ1) is 19.9. The minimum atomic E-state index is -4.16. The van der Waals surface area contributed by atoms with Gasteiger partial charge in [-0.15, -0.1) is 10.2 Å². The molecule has 3 aromatic rings. The van der Waals surface area contributed by atoms with Crippen molar-refractivity contribution in [3.63, 3.8) is 0 Å². The maximum absolute atomic E-state index is 14.0. The van der Waals surface area contributed by atoms with Crippen molar-refractivity contribution in [2.24, 2.45) is 5.92 Å². The van der Waals surface area contributed by atoms with Gasteiger partial charge in [-0.05, 0) is 88.4 Å². The SMILES string of the molecule is Cc1cccc(N(Cc2ccc(-c3nnc(C(F)F)o3)cn2)S(=O)(=O)C2CCN([C@H]3CC[C@H](C(F)(F)F)CC3)CC2)c1. The standard InChI is InChI=1S/C28H32F5N5O3S/c1-18-3-2-4-23(15-18)38(17-21-8-5-19(16-34-21)26-35-36-27(41-26)25(29)30)42(39,40)24-11-13-37(14-12-24)22-9-6-20(7-10-22)28(31,32)33/h2-5,8,15-16,20,22,24-25H,6-7,9-14,17H2,1H3/t20-,22-. The van der Waals surface area contributed by atoms with E-state index >= 15 is 0 Å². The Morgan fingerprint density at radius 1 is 1.02 bits per heavy atom. The fourth-order valence-electron chi connectivity index (χ4n) is 5.83. The van der Waals surface area contributed by atoms with E-state index in [0.717, 1.165) is 5.56 Å². The van der Waals surface area contributed by atoms with Gasteiger partial charge >= 0.3 is 12.6 Å². The third-order valence-electron chi connectivity index (χ3n) is 8.18. The number of piperidine rings is 1. The molecule has 1 aromatic carbocycles. The molecule has 3 heterocycles. The van der Waals surface area contributed by atoms with Gasteiger partial charge in [-0.25, -0.2) is 8.42 Å². The molecule has 0 atom stereocenters. The van der Waals surface area contributed by atoms with E-state index in [-0.39, 0.29) is 31.3 Å². The van der Waals surface area contributed by atoms with E-state index in [1.165, 1.54) is 10.5 Å². The van der Waals surface area contributed by atoms with Crippen LogP contribution in [0.4, 0.5) is 27.6 Å². The van der Waals surface area contributed by atoms with Crippen LogP contribution >= 0.6 is 0 Å². The van der Waals surface area contributed by atoms with Crippen molar-refractivity contribution in [1.82, 2.24) is 20.1 Å². The maximum atomic E-state index is 14.0. The van der Waals surface area contributed by atoms with Gasteiger partial charge in [0.1, 0.15) is 0 Å². The van der Waals surface area contributed by atoms with Crippen LogP contribution in [0.25, 0.3) is 11.5 Å². The van der Waals surface area contributed by atoms with Crippen LogP contribution in [0.3, 0.4) is 0 Å². The number of nitrogens with zero attached hydrogens (tertiary/aromatic N) is 5. The molecule has 2 fully saturated rings. The lowest BCUT2D eigenvalue weighted by atomic mass is 9.84. The van der Waals surface area contributed by atoms with Crippen molar-refractivity contribution in [3.8, 4) is 11.5 Å². The van der Waals surface area contributed by atoms with E-state index in [2.05, 4.69) is 20.1 Å². The Morgan fingerprint density at radius 3 is 2.31 bits per heavy atom. The Balaban J connectivity index is 1.29. The number of likely N-dealkylation sites (tertiary alicyclic amines) is 1. The molecule has 0 amide bonds. The molecule has 42 heavy (non-hydrogen) atoms. The van der Waals surface area contributed by atoms with Gasteiger partial charge in [0.15, 0.2) is 0 Å². The van der Waals surface area contributed by atoms with Crippen molar-refractivity contribution >= 4 is 15.7 Å². The molecule has 0 bridgehead atoms. The first-order valence-electron chi connectivity index (χ1n) is 13.9. The van der Waals surface area contributed by atoms with E-state index in [4.69, 9.17) is 4.42 Å². The zero-order valence-electron chi connectivity index (χ0n) is 23.0. The number of hydrogen-bond acceptors (Lipinski definition) is 7. The third-order valence-corrected chi connectivity index (χ3v) is 10.4. The first-order valence-corrected chi connectivity index (χ1v) is 15.4. The highest BCUT2D eigenvalue weighted by Gasteiger charge is 2.43. The lowest BCUT2D eigenvalue weighted by Gasteiger charge is -2.41. The predicted molar refractivity (Wildman–Crippen MR) is 145 cm³/mol. The van der Waals surface area contributed by atoms with Crippen molar-refractivity contribution in [2.45, 2.75) is 75.9 Å². The minimum absolute atomic E-state index is 0.0402. The number of benzene rings is 1. The van der Waals surface area contributed by atoms with Gasteiger partial charge in [-0.3, -0.25) is 9.29 Å². The minimum Gasteiger partial charge on any atom is -0.415 e. The summed E-state index contributed by atoms with van der Waals surface area (Å²) in [6, 6.07) is 10.3. The fraction of sp³-hybridized carbons (Fsp3) is 0.536. The largest absolute Gasteiger partial charge is 0.415 e. The number of sulfonamides is 1. The summed E-state index contributed by atoms with van der Waals surface area (Å²) < 4.78 is 99.3. The summed E-state index contributed by atoms with van der Waals surface area (Å²) in [5.74, 6) is -2.17. The summed E-state index contributed by atoms with van der Waals surface area (Å²) in [6.07, 6.45) is -3.80. The van der Waals surface area contributed by atoms with E-state index in [1.807, 2.05) is 13.0 Å². The van der Waals surface area contributed by atoms with Gasteiger partial charge in [0.25, 0.3) is 5.89 Å². The monoisotopic (exact) mass is 613 g/mol. The Labute approximate surface area is 241 Å². The van der Waals surface area contributed by atoms with E-state index in [0.29, 0.717) is 55.7 Å². The van der Waals surface area contributed by atoms with Crippen LogP contribution in [0.1, 0.15) is 62.1 Å². The van der Waals surface area contributed by atoms with E-state index in [1.54, 1.807) is 30.3 Å². The number of rotatable bonds is 8. The molecule has 0 N–H and O–H groups in total. The number of hydrogen-bond donors (Lipinski definition) is 0. The third kappa shape index (κ3) is 6.74. The first kappa shape index (κ1) is 30.3. The van der Waals surface area contributed by atoms with Crippen LogP contribution in [0.15, 0.2) is 47.0 Å². The molecule has 1 aliphatic carbocycles. The Bertz CT molecular complexity index is 1450. The summed E-state index contributed by atoms with van der Waals surface area (Å²) in [6.45, 7) is 2.82. The predicted octanol–water partition coefficient (Wildman–Crippen LogP) is 6.30. The van der Waals surface area contributed by atoms with Crippen molar-refractivity contribution < 1.29 is 34.8 Å². The number of aryl methyl sites for hydroxylation is 1. The summed E-state index contributed by atoms with van der Waals surface area (Å²) in [5.41, 5.74) is 2.12. The van der Waals surface area contributed by atoms with Gasteiger partial charge in [-0.2, -0.15) is 22.0 Å². The maximum Gasteiger partial charge on any atom is 0.391 e. The van der Waals surface area contributed by atoms with Gasteiger partial charge in [0.2, 0.25) is 15.9 Å². The average Bonchev–Trinajstić information content (AvgIpc) is 3.47. The number of alkyl halides is 5. The van der Waals surface area contributed by atoms with Crippen molar-refractivity contribution in [2.75, 3.05) is 17.4 Å². The molecule has 8 nitrogen and oxygen atoms in total. The zero-order valence-corrected chi connectivity index (χ0v) is 23.8. The second kappa shape index (κ2) is 12.2. The normalized spacial score (nSPS) is 21.1. The highest BCUT2D eigenvalue weighted by molar-refractivity contribution is 7.93. The van der Waals surface area contributed by atoms with Gasteiger partial charge in [0, 0.05) is 12.2 Å². The molecule has 0 spiro atoms. The second-order valence-corrected chi connectivity index (χ2v) is 13.1. The Kier molecular flexibility index (Phi) is 8.83.